The van der Waals surface area contributed by atoms with Crippen LogP contribution in [0.25, 0.3) is 21.7 Å². The largest absolute Gasteiger partial charge is 0.342 e. The Labute approximate surface area is 210 Å². The number of hydrogen-bond donors (Lipinski definition) is 0. The van der Waals surface area contributed by atoms with Gasteiger partial charge in [-0.2, -0.15) is 0 Å². The molecule has 4 aromatic rings. The van der Waals surface area contributed by atoms with E-state index in [2.05, 4.69) is 19.9 Å². The van der Waals surface area contributed by atoms with Crippen molar-refractivity contribution in [3.05, 3.63) is 74.0 Å². The van der Waals surface area contributed by atoms with Crippen LogP contribution in [0.1, 0.15) is 24.0 Å². The number of amides is 1. The highest BCUT2D eigenvalue weighted by atomic mass is 32.2. The zero-order valence-electron chi connectivity index (χ0n) is 19.0. The van der Waals surface area contributed by atoms with Gasteiger partial charge in [0.15, 0.2) is 14.8 Å². The van der Waals surface area contributed by atoms with Gasteiger partial charge in [0.2, 0.25) is 5.91 Å². The molecule has 0 unspecified atom stereocenters. The van der Waals surface area contributed by atoms with E-state index in [4.69, 9.17) is 17.2 Å². The van der Waals surface area contributed by atoms with E-state index in [0.717, 1.165) is 42.9 Å². The summed E-state index contributed by atoms with van der Waals surface area (Å²) in [4.78, 5) is 33.3. The molecule has 0 spiro atoms. The minimum atomic E-state index is -0.175. The Morgan fingerprint density at radius 1 is 1.03 bits per heavy atom. The molecule has 0 atom stereocenters. The first-order valence-electron chi connectivity index (χ1n) is 11.2. The molecule has 1 fully saturated rings. The van der Waals surface area contributed by atoms with Crippen LogP contribution in [0.4, 0.5) is 0 Å². The average molecular weight is 509 g/mol. The Morgan fingerprint density at radius 3 is 2.47 bits per heavy atom. The highest BCUT2D eigenvalue weighted by molar-refractivity contribution is 7.99. The number of para-hydroxylation sites is 1. The Morgan fingerprint density at radius 2 is 1.76 bits per heavy atom. The fraction of sp³-hybridized carbons (Fsp3) is 0.280. The lowest BCUT2D eigenvalue weighted by Gasteiger charge is -2.16. The topological polar surface area (TPSA) is 60.1 Å². The molecule has 1 amide bonds. The number of benzene rings is 2. The number of aromatic nitrogens is 3. The average Bonchev–Trinajstić information content (AvgIpc) is 3.48. The Hall–Kier alpha value is -2.75. The van der Waals surface area contributed by atoms with Gasteiger partial charge in [-0.05, 0) is 74.3 Å². The maximum Gasteiger partial charge on any atom is 0.278 e. The minimum Gasteiger partial charge on any atom is -0.342 e. The number of thiazole rings is 1. The SMILES string of the molecule is Cc1ccc(-n2c(=S)sc3c(=O)n(-c4ccccc4)c(SCC(=O)N4CCCC4)nc32)cc1C. The first-order valence-corrected chi connectivity index (χ1v) is 13.4. The summed E-state index contributed by atoms with van der Waals surface area (Å²) >= 11 is 8.25. The summed E-state index contributed by atoms with van der Waals surface area (Å²) in [6, 6.07) is 15.5. The number of hydrogen-bond acceptors (Lipinski definition) is 6. The van der Waals surface area contributed by atoms with Crippen LogP contribution in [-0.2, 0) is 4.79 Å². The van der Waals surface area contributed by atoms with E-state index in [-0.39, 0.29) is 17.2 Å². The van der Waals surface area contributed by atoms with Crippen molar-refractivity contribution >= 4 is 51.6 Å². The van der Waals surface area contributed by atoms with E-state index >= 15 is 0 Å². The van der Waals surface area contributed by atoms with Crippen LogP contribution < -0.4 is 5.56 Å². The second-order valence-corrected chi connectivity index (χ2v) is 11.0. The molecule has 174 valence electrons. The molecular formula is C25H24N4O2S3. The van der Waals surface area contributed by atoms with Gasteiger partial charge >= 0.3 is 0 Å². The Kier molecular flexibility index (Phi) is 6.42. The van der Waals surface area contributed by atoms with Crippen LogP contribution >= 0.6 is 35.3 Å². The van der Waals surface area contributed by atoms with Crippen molar-refractivity contribution in [2.75, 3.05) is 18.8 Å². The van der Waals surface area contributed by atoms with Crippen molar-refractivity contribution in [2.24, 2.45) is 0 Å². The lowest BCUT2D eigenvalue weighted by Crippen LogP contribution is -2.29. The van der Waals surface area contributed by atoms with Crippen LogP contribution in [0.15, 0.2) is 58.5 Å². The fourth-order valence-electron chi connectivity index (χ4n) is 4.11. The summed E-state index contributed by atoms with van der Waals surface area (Å²) in [5.41, 5.74) is 4.29. The maximum atomic E-state index is 13.7. The molecule has 0 bridgehead atoms. The molecule has 2 aromatic carbocycles. The molecule has 0 N–H and O–H groups in total. The molecule has 1 aliphatic heterocycles. The van der Waals surface area contributed by atoms with Crippen molar-refractivity contribution in [3.63, 3.8) is 0 Å². The van der Waals surface area contributed by atoms with Crippen molar-refractivity contribution in [2.45, 2.75) is 31.8 Å². The molecule has 1 saturated heterocycles. The molecule has 0 saturated carbocycles. The van der Waals surface area contributed by atoms with Gasteiger partial charge in [0, 0.05) is 18.8 Å². The second-order valence-electron chi connectivity index (χ2n) is 8.37. The molecule has 2 aromatic heterocycles. The summed E-state index contributed by atoms with van der Waals surface area (Å²) in [5.74, 6) is 0.312. The molecule has 34 heavy (non-hydrogen) atoms. The number of thioether (sulfide) groups is 1. The van der Waals surface area contributed by atoms with Crippen molar-refractivity contribution in [1.29, 1.82) is 0 Å². The summed E-state index contributed by atoms with van der Waals surface area (Å²) in [6.07, 6.45) is 2.09. The van der Waals surface area contributed by atoms with Crippen molar-refractivity contribution < 1.29 is 4.79 Å². The Balaban J connectivity index is 1.67. The number of fused-ring (bicyclic) bond motifs is 1. The third kappa shape index (κ3) is 4.23. The van der Waals surface area contributed by atoms with Crippen LogP contribution in [0.5, 0.6) is 0 Å². The number of carbonyl (C=O) groups excluding carboxylic acids is 1. The molecule has 5 rings (SSSR count). The van der Waals surface area contributed by atoms with Crippen molar-refractivity contribution in [1.82, 2.24) is 19.0 Å². The zero-order chi connectivity index (χ0) is 23.8. The maximum absolute atomic E-state index is 13.7. The number of aryl methyl sites for hydroxylation is 2. The quantitative estimate of drug-likeness (QED) is 0.208. The number of likely N-dealkylation sites (tertiary alicyclic amines) is 1. The standard InChI is InChI=1S/C25H24N4O2S3/c1-16-10-11-19(14-17(16)2)28-22-21(34-25(28)32)23(31)29(18-8-4-3-5-9-18)24(26-22)33-15-20(30)27-12-6-7-13-27/h3-5,8-11,14H,6-7,12-13,15H2,1-2H3. The predicted octanol–water partition coefficient (Wildman–Crippen LogP) is 5.30. The van der Waals surface area contributed by atoms with Gasteiger partial charge < -0.3 is 4.90 Å². The lowest BCUT2D eigenvalue weighted by atomic mass is 10.1. The Bertz CT molecular complexity index is 1500. The lowest BCUT2D eigenvalue weighted by molar-refractivity contribution is -0.127. The molecule has 0 radical (unpaired) electrons. The minimum absolute atomic E-state index is 0.0766. The molecular weight excluding hydrogens is 485 g/mol. The summed E-state index contributed by atoms with van der Waals surface area (Å²) in [7, 11) is 0. The van der Waals surface area contributed by atoms with Crippen molar-refractivity contribution in [3.8, 4) is 11.4 Å². The summed E-state index contributed by atoms with van der Waals surface area (Å²) in [6.45, 7) is 5.72. The van der Waals surface area contributed by atoms with Crippen LogP contribution in [0.3, 0.4) is 0 Å². The van der Waals surface area contributed by atoms with Crippen LogP contribution in [0, 0.1) is 17.8 Å². The van der Waals surface area contributed by atoms with E-state index < -0.39 is 0 Å². The van der Waals surface area contributed by atoms with E-state index in [1.54, 1.807) is 4.57 Å². The molecule has 3 heterocycles. The third-order valence-corrected chi connectivity index (χ3v) is 8.40. The monoisotopic (exact) mass is 508 g/mol. The van der Waals surface area contributed by atoms with Gasteiger partial charge in [-0.1, -0.05) is 47.4 Å². The van der Waals surface area contributed by atoms with Gasteiger partial charge in [-0.25, -0.2) is 4.98 Å². The normalized spacial score (nSPS) is 13.6. The second kappa shape index (κ2) is 9.48. The van der Waals surface area contributed by atoms with Crippen LogP contribution in [0.2, 0.25) is 0 Å². The van der Waals surface area contributed by atoms with Crippen LogP contribution in [-0.4, -0.2) is 43.8 Å². The first kappa shape index (κ1) is 23.0. The zero-order valence-corrected chi connectivity index (χ0v) is 21.4. The van der Waals surface area contributed by atoms with E-state index in [0.29, 0.717) is 19.5 Å². The molecule has 6 nitrogen and oxygen atoms in total. The summed E-state index contributed by atoms with van der Waals surface area (Å²) in [5, 5.41) is 0.488. The van der Waals surface area contributed by atoms with E-state index in [9.17, 15) is 9.59 Å². The first-order chi connectivity index (χ1) is 16.4. The summed E-state index contributed by atoms with van der Waals surface area (Å²) < 4.78 is 4.53. The number of carbonyl (C=O) groups is 1. The smallest absolute Gasteiger partial charge is 0.278 e. The van der Waals surface area contributed by atoms with E-state index in [1.807, 2.05) is 51.9 Å². The van der Waals surface area contributed by atoms with Gasteiger partial charge in [0.05, 0.1) is 11.4 Å². The number of rotatable bonds is 5. The molecule has 0 aliphatic carbocycles. The predicted molar refractivity (Wildman–Crippen MR) is 141 cm³/mol. The van der Waals surface area contributed by atoms with Gasteiger partial charge in [0.25, 0.3) is 5.56 Å². The highest BCUT2D eigenvalue weighted by Gasteiger charge is 2.22. The van der Waals surface area contributed by atoms with Gasteiger partial charge in [-0.3, -0.25) is 18.7 Å². The number of nitrogens with zero attached hydrogens (tertiary/aromatic N) is 4. The van der Waals surface area contributed by atoms with Gasteiger partial charge in [-0.15, -0.1) is 0 Å². The third-order valence-electron chi connectivity index (χ3n) is 6.12. The molecule has 1 aliphatic rings. The van der Waals surface area contributed by atoms with E-state index in [1.165, 1.54) is 28.7 Å². The molecule has 9 heteroatoms. The highest BCUT2D eigenvalue weighted by Crippen LogP contribution is 2.28. The fourth-order valence-corrected chi connectivity index (χ4v) is 6.32. The van der Waals surface area contributed by atoms with Gasteiger partial charge in [0.1, 0.15) is 4.70 Å².